The molecule has 0 aromatic heterocycles. The molecule has 0 heterocycles. The van der Waals surface area contributed by atoms with Gasteiger partial charge in [0.05, 0.1) is 6.04 Å². The Balaban J connectivity index is 1.36. The molecular formula is C38H49N3O4. The summed E-state index contributed by atoms with van der Waals surface area (Å²) in [6, 6.07) is 23.0. The largest absolute Gasteiger partial charge is 0.445 e. The fraction of sp³-hybridized carbons (Fsp3) is 0.447. The molecule has 1 aliphatic rings. The Morgan fingerprint density at radius 2 is 1.64 bits per heavy atom. The Hall–Kier alpha value is -3.97. The molecule has 4 rings (SSSR count). The molecule has 2 N–H and O–H groups in total. The highest BCUT2D eigenvalue weighted by atomic mass is 16.5. The number of nitrogens with zero attached hydrogens (tertiary/aromatic N) is 1. The molecule has 3 aromatic rings. The molecule has 1 atom stereocenters. The Morgan fingerprint density at radius 1 is 0.911 bits per heavy atom. The fourth-order valence-electron chi connectivity index (χ4n) is 6.14. The molecule has 7 heteroatoms. The molecule has 7 nitrogen and oxygen atoms in total. The average Bonchev–Trinajstić information content (AvgIpc) is 3.05. The Labute approximate surface area is 268 Å². The van der Waals surface area contributed by atoms with E-state index in [-0.39, 0.29) is 18.3 Å². The van der Waals surface area contributed by atoms with E-state index in [0.717, 1.165) is 46.8 Å². The first kappa shape index (κ1) is 33.9. The molecule has 1 saturated carbocycles. The third-order valence-electron chi connectivity index (χ3n) is 8.81. The van der Waals surface area contributed by atoms with E-state index in [1.54, 1.807) is 0 Å². The van der Waals surface area contributed by atoms with E-state index in [9.17, 15) is 14.4 Å². The van der Waals surface area contributed by atoms with Crippen molar-refractivity contribution in [1.29, 1.82) is 0 Å². The zero-order chi connectivity index (χ0) is 32.0. The lowest BCUT2D eigenvalue weighted by Crippen LogP contribution is -2.40. The zero-order valence-electron chi connectivity index (χ0n) is 27.1. The second kappa shape index (κ2) is 17.5. The number of ketones is 1. The number of carbonyl (C=O) groups excluding carboxylic acids is 3. The van der Waals surface area contributed by atoms with Crippen molar-refractivity contribution in [2.75, 3.05) is 20.1 Å². The van der Waals surface area contributed by atoms with Crippen molar-refractivity contribution >= 4 is 17.8 Å². The standard InChI is InChI=1S/C38H49N3O4/c1-28-13-10-11-18-33(28)35-25-32(26-41(3)24-22-30-14-6-4-7-15-30)20-21-34(35)37(43)40-36(29(2)42)19-12-23-39-38(44)45-27-31-16-8-5-9-17-31/h5,8-11,13,16-18,20-21,25,30,36H,4,6-7,12,14-15,19,22-24,26-27H2,1-3H3,(H,39,44)(H,40,43)/t36-/m0/s1. The van der Waals surface area contributed by atoms with Crippen LogP contribution in [0.5, 0.6) is 0 Å². The van der Waals surface area contributed by atoms with E-state index < -0.39 is 12.1 Å². The first-order valence-corrected chi connectivity index (χ1v) is 16.4. The number of hydrogen-bond acceptors (Lipinski definition) is 5. The predicted molar refractivity (Wildman–Crippen MR) is 180 cm³/mol. The summed E-state index contributed by atoms with van der Waals surface area (Å²) in [5.74, 6) is 0.442. The molecule has 45 heavy (non-hydrogen) atoms. The summed E-state index contributed by atoms with van der Waals surface area (Å²) in [5.41, 5.74) is 5.58. The van der Waals surface area contributed by atoms with Gasteiger partial charge >= 0.3 is 6.09 Å². The maximum absolute atomic E-state index is 13.7. The van der Waals surface area contributed by atoms with Gasteiger partial charge in [-0.25, -0.2) is 4.79 Å². The topological polar surface area (TPSA) is 87.7 Å². The van der Waals surface area contributed by atoms with Gasteiger partial charge in [-0.15, -0.1) is 0 Å². The van der Waals surface area contributed by atoms with Gasteiger partial charge in [0.1, 0.15) is 6.61 Å². The second-order valence-corrected chi connectivity index (χ2v) is 12.5. The number of Topliss-reactive ketones (excluding diaryl/α,β-unsaturated/α-hetero) is 1. The normalized spacial score (nSPS) is 14.1. The highest BCUT2D eigenvalue weighted by Gasteiger charge is 2.22. The summed E-state index contributed by atoms with van der Waals surface area (Å²) in [6.45, 7) is 5.94. The summed E-state index contributed by atoms with van der Waals surface area (Å²) in [5, 5.41) is 5.70. The summed E-state index contributed by atoms with van der Waals surface area (Å²) in [7, 11) is 2.17. The van der Waals surface area contributed by atoms with Crippen LogP contribution in [-0.4, -0.2) is 48.9 Å². The molecule has 240 valence electrons. The van der Waals surface area contributed by atoms with Crippen molar-refractivity contribution < 1.29 is 19.1 Å². The van der Waals surface area contributed by atoms with Gasteiger partial charge in [0, 0.05) is 18.7 Å². The quantitative estimate of drug-likeness (QED) is 0.174. The Bertz CT molecular complexity index is 1400. The number of rotatable bonds is 15. The minimum atomic E-state index is -0.657. The maximum atomic E-state index is 13.7. The van der Waals surface area contributed by atoms with Gasteiger partial charge in [0.25, 0.3) is 5.91 Å². The van der Waals surface area contributed by atoms with Crippen LogP contribution in [0, 0.1) is 12.8 Å². The van der Waals surface area contributed by atoms with Gasteiger partial charge in [-0.1, -0.05) is 92.8 Å². The first-order chi connectivity index (χ1) is 21.8. The van der Waals surface area contributed by atoms with Crippen LogP contribution in [0.4, 0.5) is 4.79 Å². The van der Waals surface area contributed by atoms with Gasteiger partial charge in [-0.05, 0) is 92.6 Å². The number of nitrogens with one attached hydrogen (secondary N) is 2. The van der Waals surface area contributed by atoms with Gasteiger partial charge in [-0.3, -0.25) is 9.59 Å². The van der Waals surface area contributed by atoms with Crippen LogP contribution in [-0.2, 0) is 22.7 Å². The van der Waals surface area contributed by atoms with Crippen molar-refractivity contribution in [3.05, 3.63) is 95.1 Å². The average molecular weight is 612 g/mol. The van der Waals surface area contributed by atoms with E-state index in [1.165, 1.54) is 45.4 Å². The summed E-state index contributed by atoms with van der Waals surface area (Å²) >= 11 is 0. The smallest absolute Gasteiger partial charge is 0.407 e. The van der Waals surface area contributed by atoms with Crippen LogP contribution in [0.15, 0.2) is 72.8 Å². The Morgan fingerprint density at radius 3 is 2.38 bits per heavy atom. The van der Waals surface area contributed by atoms with Crippen molar-refractivity contribution in [2.24, 2.45) is 5.92 Å². The number of ether oxygens (including phenoxy) is 1. The minimum absolute atomic E-state index is 0.122. The first-order valence-electron chi connectivity index (χ1n) is 16.4. The molecule has 1 aliphatic carbocycles. The molecule has 0 aliphatic heterocycles. The molecule has 2 amide bonds. The molecule has 0 bridgehead atoms. The molecule has 1 fully saturated rings. The lowest BCUT2D eigenvalue weighted by atomic mass is 9.87. The van der Waals surface area contributed by atoms with Crippen LogP contribution in [0.25, 0.3) is 11.1 Å². The van der Waals surface area contributed by atoms with Crippen LogP contribution in [0.3, 0.4) is 0 Å². The zero-order valence-corrected chi connectivity index (χ0v) is 27.1. The molecular weight excluding hydrogens is 562 g/mol. The number of hydrogen-bond donors (Lipinski definition) is 2. The number of carbonyl (C=O) groups is 3. The lowest BCUT2D eigenvalue weighted by molar-refractivity contribution is -0.119. The molecule has 0 spiro atoms. The van der Waals surface area contributed by atoms with Crippen LogP contribution in [0.2, 0.25) is 0 Å². The number of alkyl carbamates (subject to hydrolysis) is 1. The number of aryl methyl sites for hydroxylation is 1. The lowest BCUT2D eigenvalue weighted by Gasteiger charge is -2.25. The van der Waals surface area contributed by atoms with Crippen molar-refractivity contribution in [1.82, 2.24) is 15.5 Å². The monoisotopic (exact) mass is 611 g/mol. The van der Waals surface area contributed by atoms with E-state index in [4.69, 9.17) is 4.74 Å². The van der Waals surface area contributed by atoms with Crippen molar-refractivity contribution in [2.45, 2.75) is 84.4 Å². The SMILES string of the molecule is CC(=O)[C@H](CCCNC(=O)OCc1ccccc1)NC(=O)c1ccc(CN(C)CCC2CCCCC2)cc1-c1ccccc1C. The number of benzene rings is 3. The third-order valence-corrected chi connectivity index (χ3v) is 8.81. The van der Waals surface area contributed by atoms with Gasteiger partial charge in [0.15, 0.2) is 5.78 Å². The van der Waals surface area contributed by atoms with Gasteiger partial charge in [-0.2, -0.15) is 0 Å². The van der Waals surface area contributed by atoms with E-state index in [1.807, 2.05) is 60.7 Å². The summed E-state index contributed by atoms with van der Waals surface area (Å²) in [4.78, 5) is 40.7. The van der Waals surface area contributed by atoms with Crippen LogP contribution >= 0.6 is 0 Å². The van der Waals surface area contributed by atoms with Gasteiger partial charge in [0.2, 0.25) is 0 Å². The molecule has 3 aromatic carbocycles. The third kappa shape index (κ3) is 10.9. The molecule has 0 unspecified atom stereocenters. The van der Waals surface area contributed by atoms with Crippen LogP contribution < -0.4 is 10.6 Å². The molecule has 0 saturated heterocycles. The summed E-state index contributed by atoms with van der Waals surface area (Å²) < 4.78 is 5.25. The second-order valence-electron chi connectivity index (χ2n) is 12.5. The van der Waals surface area contributed by atoms with E-state index in [0.29, 0.717) is 24.9 Å². The van der Waals surface area contributed by atoms with Gasteiger partial charge < -0.3 is 20.3 Å². The fourth-order valence-corrected chi connectivity index (χ4v) is 6.14. The van der Waals surface area contributed by atoms with E-state index in [2.05, 4.69) is 41.6 Å². The summed E-state index contributed by atoms with van der Waals surface area (Å²) in [6.07, 6.45) is 8.47. The van der Waals surface area contributed by atoms with E-state index >= 15 is 0 Å². The number of amides is 2. The van der Waals surface area contributed by atoms with Crippen molar-refractivity contribution in [3.63, 3.8) is 0 Å². The molecule has 0 radical (unpaired) electrons. The van der Waals surface area contributed by atoms with Crippen LogP contribution in [0.1, 0.15) is 85.3 Å². The van der Waals surface area contributed by atoms with Crippen molar-refractivity contribution in [3.8, 4) is 11.1 Å². The minimum Gasteiger partial charge on any atom is -0.445 e. The maximum Gasteiger partial charge on any atom is 0.407 e. The highest BCUT2D eigenvalue weighted by Crippen LogP contribution is 2.30. The Kier molecular flexibility index (Phi) is 13.2. The highest BCUT2D eigenvalue weighted by molar-refractivity contribution is 6.03. The predicted octanol–water partition coefficient (Wildman–Crippen LogP) is 7.46.